The lowest BCUT2D eigenvalue weighted by Gasteiger charge is -2.19. The minimum absolute atomic E-state index is 0.108. The summed E-state index contributed by atoms with van der Waals surface area (Å²) < 4.78 is 1.75. The molecule has 0 N–H and O–H groups in total. The summed E-state index contributed by atoms with van der Waals surface area (Å²) in [7, 11) is 3.63. The molecular weight excluding hydrogens is 316 g/mol. The van der Waals surface area contributed by atoms with E-state index in [-0.39, 0.29) is 5.82 Å². The van der Waals surface area contributed by atoms with Crippen molar-refractivity contribution in [2.24, 2.45) is 7.05 Å². The summed E-state index contributed by atoms with van der Waals surface area (Å²) in [5.41, 5.74) is 3.39. The number of nitrogens with zero attached hydrogens (tertiary/aromatic N) is 4. The minimum Gasteiger partial charge on any atom is -0.358 e. The van der Waals surface area contributed by atoms with Crippen LogP contribution in [-0.2, 0) is 13.6 Å². The third kappa shape index (κ3) is 3.38. The lowest BCUT2D eigenvalue weighted by atomic mass is 10.0. The predicted molar refractivity (Wildman–Crippen MR) is 98.6 cm³/mol. The molecule has 0 aliphatic rings. The smallest absolute Gasteiger partial charge is 0.358 e. The molecule has 25 heavy (non-hydrogen) atoms. The average molecular weight is 336 g/mol. The van der Waals surface area contributed by atoms with Crippen molar-refractivity contribution in [1.29, 1.82) is 0 Å². The van der Waals surface area contributed by atoms with Gasteiger partial charge in [-0.25, -0.2) is 0 Å². The molecule has 0 saturated carbocycles. The topological polar surface area (TPSA) is 64.2 Å². The molecule has 2 aromatic carbocycles. The molecule has 0 fully saturated rings. The summed E-state index contributed by atoms with van der Waals surface area (Å²) in [6, 6.07) is 18.4. The molecule has 0 bridgehead atoms. The van der Waals surface area contributed by atoms with Gasteiger partial charge in [-0.15, -0.1) is 0 Å². The van der Waals surface area contributed by atoms with Crippen molar-refractivity contribution in [2.45, 2.75) is 13.5 Å². The first kappa shape index (κ1) is 16.7. The Balaban J connectivity index is 1.82. The zero-order valence-corrected chi connectivity index (χ0v) is 14.5. The van der Waals surface area contributed by atoms with Gasteiger partial charge in [-0.05, 0) is 26.6 Å². The maximum Gasteiger partial charge on any atom is 0.406 e. The van der Waals surface area contributed by atoms with Crippen LogP contribution in [0.15, 0.2) is 54.6 Å². The number of aryl methyl sites for hydroxylation is 1. The van der Waals surface area contributed by atoms with Crippen LogP contribution in [0.5, 0.6) is 0 Å². The summed E-state index contributed by atoms with van der Waals surface area (Å²) in [5, 5.41) is 11.2. The molecule has 0 spiro atoms. The quantitative estimate of drug-likeness (QED) is 0.523. The molecule has 1 heterocycles. The van der Waals surface area contributed by atoms with E-state index < -0.39 is 4.92 Å². The first-order chi connectivity index (χ1) is 12.0. The Morgan fingerprint density at radius 2 is 1.68 bits per heavy atom. The Labute approximate surface area is 146 Å². The molecule has 0 aliphatic carbocycles. The second-order valence-corrected chi connectivity index (χ2v) is 6.04. The highest BCUT2D eigenvalue weighted by molar-refractivity contribution is 5.63. The van der Waals surface area contributed by atoms with E-state index in [1.165, 1.54) is 5.56 Å². The van der Waals surface area contributed by atoms with Gasteiger partial charge in [-0.1, -0.05) is 54.6 Å². The van der Waals surface area contributed by atoms with E-state index in [9.17, 15) is 10.1 Å². The fourth-order valence-corrected chi connectivity index (χ4v) is 2.91. The van der Waals surface area contributed by atoms with Crippen LogP contribution in [0.1, 0.15) is 11.4 Å². The fraction of sp³-hybridized carbons (Fsp3) is 0.211. The van der Waals surface area contributed by atoms with Gasteiger partial charge in [-0.3, -0.25) is 4.57 Å². The Hall–Kier alpha value is -3.15. The number of rotatable bonds is 5. The lowest BCUT2D eigenvalue weighted by Crippen LogP contribution is -2.20. The van der Waals surface area contributed by atoms with Gasteiger partial charge >= 0.3 is 5.82 Å². The summed E-state index contributed by atoms with van der Waals surface area (Å²) in [6.07, 6.45) is 0. The van der Waals surface area contributed by atoms with E-state index in [0.29, 0.717) is 18.2 Å². The molecule has 6 nitrogen and oxygen atoms in total. The molecule has 3 aromatic rings. The maximum absolute atomic E-state index is 11.2. The van der Waals surface area contributed by atoms with E-state index >= 15 is 0 Å². The molecule has 6 heteroatoms. The molecule has 0 radical (unpaired) electrons. The SMILES string of the molecule is Cc1nc([N+](=O)[O-])c(N(C)Cc2ccc(-c3ccccc3)cc2)n1C. The third-order valence-electron chi connectivity index (χ3n) is 4.29. The molecule has 0 unspecified atom stereocenters. The van der Waals surface area contributed by atoms with Crippen molar-refractivity contribution >= 4 is 11.6 Å². The number of imidazole rings is 1. The van der Waals surface area contributed by atoms with Crippen LogP contribution in [0, 0.1) is 17.0 Å². The minimum atomic E-state index is -0.433. The first-order valence-electron chi connectivity index (χ1n) is 8.00. The van der Waals surface area contributed by atoms with Crippen molar-refractivity contribution in [1.82, 2.24) is 9.55 Å². The molecule has 0 saturated heterocycles. The third-order valence-corrected chi connectivity index (χ3v) is 4.29. The summed E-state index contributed by atoms with van der Waals surface area (Å²) in [5.74, 6) is 1.02. The number of aromatic nitrogens is 2. The molecule has 3 rings (SSSR count). The van der Waals surface area contributed by atoms with E-state index in [1.807, 2.05) is 42.3 Å². The standard InChI is InChI=1S/C19H20N4O2/c1-14-20-18(23(24)25)19(22(14)3)21(2)13-15-9-11-17(12-10-15)16-7-5-4-6-8-16/h4-12H,13H2,1-3H3. The molecule has 0 amide bonds. The van der Waals surface area contributed by atoms with Gasteiger partial charge in [0.05, 0.1) is 0 Å². The van der Waals surface area contributed by atoms with E-state index in [2.05, 4.69) is 29.2 Å². The Morgan fingerprint density at radius 3 is 2.28 bits per heavy atom. The van der Waals surface area contributed by atoms with Gasteiger partial charge in [0.1, 0.15) is 0 Å². The zero-order valence-electron chi connectivity index (χ0n) is 14.5. The number of hydrogen-bond acceptors (Lipinski definition) is 4. The normalized spacial score (nSPS) is 10.7. The van der Waals surface area contributed by atoms with Crippen molar-refractivity contribution < 1.29 is 4.92 Å². The zero-order chi connectivity index (χ0) is 18.0. The monoisotopic (exact) mass is 336 g/mol. The van der Waals surface area contributed by atoms with E-state index in [1.54, 1.807) is 18.5 Å². The van der Waals surface area contributed by atoms with Crippen LogP contribution in [0.3, 0.4) is 0 Å². The van der Waals surface area contributed by atoms with Crippen molar-refractivity contribution in [3.63, 3.8) is 0 Å². The van der Waals surface area contributed by atoms with Crippen LogP contribution < -0.4 is 4.90 Å². The van der Waals surface area contributed by atoms with Crippen LogP contribution in [0.25, 0.3) is 11.1 Å². The van der Waals surface area contributed by atoms with E-state index in [0.717, 1.165) is 11.1 Å². The Morgan fingerprint density at radius 1 is 1.08 bits per heavy atom. The largest absolute Gasteiger partial charge is 0.406 e. The molecule has 0 atom stereocenters. The predicted octanol–water partition coefficient (Wildman–Crippen LogP) is 3.94. The Kier molecular flexibility index (Phi) is 4.52. The number of hydrogen-bond donors (Lipinski definition) is 0. The lowest BCUT2D eigenvalue weighted by molar-refractivity contribution is -0.388. The van der Waals surface area contributed by atoms with Gasteiger partial charge in [0.25, 0.3) is 0 Å². The van der Waals surface area contributed by atoms with Crippen LogP contribution in [-0.4, -0.2) is 21.5 Å². The maximum atomic E-state index is 11.2. The van der Waals surface area contributed by atoms with Gasteiger partial charge in [0.2, 0.25) is 11.6 Å². The van der Waals surface area contributed by atoms with E-state index in [4.69, 9.17) is 0 Å². The van der Waals surface area contributed by atoms with Gasteiger partial charge in [-0.2, -0.15) is 0 Å². The van der Waals surface area contributed by atoms with Crippen LogP contribution in [0.4, 0.5) is 11.6 Å². The first-order valence-corrected chi connectivity index (χ1v) is 8.00. The summed E-state index contributed by atoms with van der Waals surface area (Å²) in [4.78, 5) is 16.7. The molecule has 1 aromatic heterocycles. The van der Waals surface area contributed by atoms with Gasteiger partial charge in [0, 0.05) is 27.6 Å². The average Bonchev–Trinajstić information content (AvgIpc) is 2.92. The van der Waals surface area contributed by atoms with Crippen molar-refractivity contribution in [3.05, 3.63) is 76.1 Å². The van der Waals surface area contributed by atoms with Crippen LogP contribution in [0.2, 0.25) is 0 Å². The molecule has 128 valence electrons. The van der Waals surface area contributed by atoms with Crippen molar-refractivity contribution in [3.8, 4) is 11.1 Å². The van der Waals surface area contributed by atoms with Gasteiger partial charge in [0.15, 0.2) is 0 Å². The highest BCUT2D eigenvalue weighted by Crippen LogP contribution is 2.28. The second-order valence-electron chi connectivity index (χ2n) is 6.04. The van der Waals surface area contributed by atoms with Crippen LogP contribution >= 0.6 is 0 Å². The number of benzene rings is 2. The molecule has 0 aliphatic heterocycles. The fourth-order valence-electron chi connectivity index (χ4n) is 2.91. The van der Waals surface area contributed by atoms with Crippen molar-refractivity contribution in [2.75, 3.05) is 11.9 Å². The Bertz CT molecular complexity index is 886. The highest BCUT2D eigenvalue weighted by atomic mass is 16.6. The number of nitro groups is 1. The van der Waals surface area contributed by atoms with Gasteiger partial charge < -0.3 is 15.0 Å². The second kappa shape index (κ2) is 6.76. The summed E-state index contributed by atoms with van der Waals surface area (Å²) in [6.45, 7) is 2.33. The molecular formula is C19H20N4O2. The summed E-state index contributed by atoms with van der Waals surface area (Å²) >= 11 is 0. The number of anilines is 1. The highest BCUT2D eigenvalue weighted by Gasteiger charge is 2.26.